The first-order chi connectivity index (χ1) is 12.8. The molecule has 1 aliphatic carbocycles. The van der Waals surface area contributed by atoms with E-state index >= 15 is 0 Å². The summed E-state index contributed by atoms with van der Waals surface area (Å²) >= 11 is 0. The molecule has 1 aromatic carbocycles. The Morgan fingerprint density at radius 3 is 2.54 bits per heavy atom. The van der Waals surface area contributed by atoms with Gasteiger partial charge in [0.1, 0.15) is 0 Å². The van der Waals surface area contributed by atoms with Crippen LogP contribution >= 0.6 is 12.4 Å². The molecular formula is C20H27ClF3N3O. The third kappa shape index (κ3) is 3.64. The summed E-state index contributed by atoms with van der Waals surface area (Å²) in [6.45, 7) is 1.25. The Kier molecular flexibility index (Phi) is 5.99. The zero-order chi connectivity index (χ0) is 19.2. The molecule has 0 spiro atoms. The minimum Gasteiger partial charge on any atom is -0.341 e. The smallest absolute Gasteiger partial charge is 0.341 e. The van der Waals surface area contributed by atoms with E-state index in [0.717, 1.165) is 18.4 Å². The highest BCUT2D eigenvalue weighted by Gasteiger charge is 2.64. The minimum atomic E-state index is -4.55. The van der Waals surface area contributed by atoms with Crippen LogP contribution in [-0.4, -0.2) is 54.1 Å². The molecule has 4 unspecified atom stereocenters. The molecule has 2 N–H and O–H groups in total. The van der Waals surface area contributed by atoms with Gasteiger partial charge in [-0.3, -0.25) is 9.69 Å². The second-order valence-electron chi connectivity index (χ2n) is 8.40. The minimum absolute atomic E-state index is 0. The molecule has 4 nitrogen and oxygen atoms in total. The van der Waals surface area contributed by atoms with Gasteiger partial charge in [0.25, 0.3) is 0 Å². The first kappa shape index (κ1) is 21.4. The lowest BCUT2D eigenvalue weighted by Gasteiger charge is -2.34. The molecule has 0 aromatic heterocycles. The van der Waals surface area contributed by atoms with Crippen LogP contribution in [0.4, 0.5) is 13.2 Å². The second-order valence-corrected chi connectivity index (χ2v) is 8.40. The molecule has 0 radical (unpaired) electrons. The summed E-state index contributed by atoms with van der Waals surface area (Å²) in [7, 11) is 0. The maximum atomic E-state index is 14.1. The van der Waals surface area contributed by atoms with E-state index in [2.05, 4.69) is 0 Å². The highest BCUT2D eigenvalue weighted by Crippen LogP contribution is 2.49. The van der Waals surface area contributed by atoms with Crippen molar-refractivity contribution in [2.75, 3.05) is 26.2 Å². The van der Waals surface area contributed by atoms with E-state index in [4.69, 9.17) is 5.73 Å². The summed E-state index contributed by atoms with van der Waals surface area (Å²) in [6.07, 6.45) is -2.89. The number of rotatable bonds is 3. The van der Waals surface area contributed by atoms with E-state index in [1.807, 2.05) is 30.3 Å². The molecule has 28 heavy (non-hydrogen) atoms. The molecule has 1 saturated carbocycles. The lowest BCUT2D eigenvalue weighted by atomic mass is 9.84. The van der Waals surface area contributed by atoms with Crippen LogP contribution in [0.3, 0.4) is 0 Å². The van der Waals surface area contributed by atoms with Crippen LogP contribution < -0.4 is 5.73 Å². The number of hydrogen-bond acceptors (Lipinski definition) is 3. The van der Waals surface area contributed by atoms with Gasteiger partial charge in [0.05, 0.1) is 0 Å². The molecular weight excluding hydrogens is 391 g/mol. The van der Waals surface area contributed by atoms with Crippen molar-refractivity contribution in [1.82, 2.24) is 9.80 Å². The molecule has 2 saturated heterocycles. The van der Waals surface area contributed by atoms with Gasteiger partial charge < -0.3 is 10.6 Å². The van der Waals surface area contributed by atoms with Crippen LogP contribution in [0.1, 0.15) is 24.8 Å². The van der Waals surface area contributed by atoms with Crippen LogP contribution in [0.5, 0.6) is 0 Å². The number of carbonyl (C=O) groups is 1. The van der Waals surface area contributed by atoms with Crippen molar-refractivity contribution >= 4 is 18.3 Å². The third-order valence-electron chi connectivity index (χ3n) is 6.75. The van der Waals surface area contributed by atoms with Crippen molar-refractivity contribution in [2.24, 2.45) is 23.0 Å². The number of carbonyl (C=O) groups excluding carboxylic acids is 1. The van der Waals surface area contributed by atoms with Crippen LogP contribution in [0.25, 0.3) is 0 Å². The molecule has 3 fully saturated rings. The van der Waals surface area contributed by atoms with E-state index in [9.17, 15) is 18.0 Å². The van der Waals surface area contributed by atoms with Gasteiger partial charge in [0, 0.05) is 32.2 Å². The van der Waals surface area contributed by atoms with Crippen molar-refractivity contribution < 1.29 is 18.0 Å². The maximum absolute atomic E-state index is 14.1. The first-order valence-corrected chi connectivity index (χ1v) is 9.68. The number of nitrogens with zero attached hydrogens (tertiary/aromatic N) is 2. The van der Waals surface area contributed by atoms with Crippen molar-refractivity contribution in [2.45, 2.75) is 38.0 Å². The Morgan fingerprint density at radius 2 is 1.89 bits per heavy atom. The fourth-order valence-corrected chi connectivity index (χ4v) is 5.17. The van der Waals surface area contributed by atoms with E-state index in [0.29, 0.717) is 19.6 Å². The van der Waals surface area contributed by atoms with Gasteiger partial charge in [-0.15, -0.1) is 12.4 Å². The van der Waals surface area contributed by atoms with Gasteiger partial charge in [-0.1, -0.05) is 30.3 Å². The molecule has 0 bridgehead atoms. The van der Waals surface area contributed by atoms with Crippen LogP contribution in [-0.2, 0) is 11.3 Å². The number of alkyl halides is 3. The summed E-state index contributed by atoms with van der Waals surface area (Å²) in [4.78, 5) is 16.3. The fourth-order valence-electron chi connectivity index (χ4n) is 5.17. The molecule has 2 heterocycles. The number of benzene rings is 1. The molecule has 3 aliphatic rings. The topological polar surface area (TPSA) is 49.6 Å². The first-order valence-electron chi connectivity index (χ1n) is 9.68. The van der Waals surface area contributed by atoms with Crippen molar-refractivity contribution in [1.29, 1.82) is 0 Å². The lowest BCUT2D eigenvalue weighted by Crippen LogP contribution is -2.53. The van der Waals surface area contributed by atoms with Crippen molar-refractivity contribution in [3.05, 3.63) is 35.9 Å². The Labute approximate surface area is 169 Å². The third-order valence-corrected chi connectivity index (χ3v) is 6.75. The molecule has 156 valence electrons. The standard InChI is InChI=1S/C20H26F3N3O.ClH/c21-20(22,23)19(8-9-25(13-19)10-14-4-2-1-3-5-14)18(27)26-11-15-6-7-17(24)16(15)12-26;/h1-5,15-17H,6-13,24H2;1H. The van der Waals surface area contributed by atoms with Crippen LogP contribution in [0, 0.1) is 17.3 Å². The number of halogens is 4. The van der Waals surface area contributed by atoms with E-state index in [1.54, 1.807) is 4.90 Å². The fraction of sp³-hybridized carbons (Fsp3) is 0.650. The average molecular weight is 418 g/mol. The Morgan fingerprint density at radius 1 is 1.18 bits per heavy atom. The van der Waals surface area contributed by atoms with Gasteiger partial charge in [-0.25, -0.2) is 0 Å². The second kappa shape index (κ2) is 7.84. The van der Waals surface area contributed by atoms with Crippen molar-refractivity contribution in [3.63, 3.8) is 0 Å². The largest absolute Gasteiger partial charge is 0.404 e. The van der Waals surface area contributed by atoms with Gasteiger partial charge in [0.2, 0.25) is 5.91 Å². The molecule has 8 heteroatoms. The molecule has 1 aromatic rings. The van der Waals surface area contributed by atoms with Crippen LogP contribution in [0.15, 0.2) is 30.3 Å². The summed E-state index contributed by atoms with van der Waals surface area (Å²) in [5.74, 6) is -0.329. The Bertz CT molecular complexity index is 702. The molecule has 1 amide bonds. The van der Waals surface area contributed by atoms with Gasteiger partial charge >= 0.3 is 6.18 Å². The summed E-state index contributed by atoms with van der Waals surface area (Å²) in [5, 5.41) is 0. The highest BCUT2D eigenvalue weighted by molar-refractivity contribution is 5.85. The Hall–Kier alpha value is -1.31. The molecule has 4 rings (SSSR count). The predicted molar refractivity (Wildman–Crippen MR) is 103 cm³/mol. The highest BCUT2D eigenvalue weighted by atomic mass is 35.5. The number of likely N-dealkylation sites (tertiary alicyclic amines) is 2. The number of nitrogens with two attached hydrogens (primary N) is 1. The average Bonchev–Trinajstić information content (AvgIpc) is 3.31. The quantitative estimate of drug-likeness (QED) is 0.822. The van der Waals surface area contributed by atoms with Crippen LogP contribution in [0.2, 0.25) is 0 Å². The lowest BCUT2D eigenvalue weighted by molar-refractivity contribution is -0.223. The van der Waals surface area contributed by atoms with Crippen molar-refractivity contribution in [3.8, 4) is 0 Å². The van der Waals surface area contributed by atoms with Gasteiger partial charge in [0.15, 0.2) is 5.41 Å². The molecule has 2 aliphatic heterocycles. The number of fused-ring (bicyclic) bond motifs is 1. The van der Waals surface area contributed by atoms with E-state index < -0.39 is 17.5 Å². The monoisotopic (exact) mass is 417 g/mol. The number of hydrogen-bond donors (Lipinski definition) is 1. The maximum Gasteiger partial charge on any atom is 0.404 e. The van der Waals surface area contributed by atoms with Gasteiger partial charge in [-0.2, -0.15) is 13.2 Å². The van der Waals surface area contributed by atoms with E-state index in [1.165, 1.54) is 4.90 Å². The van der Waals surface area contributed by atoms with E-state index in [-0.39, 0.29) is 49.8 Å². The zero-order valence-electron chi connectivity index (χ0n) is 15.7. The van der Waals surface area contributed by atoms with Gasteiger partial charge in [-0.05, 0) is 43.2 Å². The normalized spacial score (nSPS) is 33.0. The summed E-state index contributed by atoms with van der Waals surface area (Å²) in [6, 6.07) is 9.44. The number of amides is 1. The summed E-state index contributed by atoms with van der Waals surface area (Å²) < 4.78 is 42.3. The summed E-state index contributed by atoms with van der Waals surface area (Å²) in [5.41, 5.74) is 4.77. The molecule has 4 atom stereocenters. The zero-order valence-corrected chi connectivity index (χ0v) is 16.5. The predicted octanol–water partition coefficient (Wildman–Crippen LogP) is 3.06. The Balaban J connectivity index is 0.00000225. The SMILES string of the molecule is Cl.NC1CCC2CN(C(=O)C3(C(F)(F)F)CCN(Cc4ccccc4)C3)CC12.